The third-order valence-corrected chi connectivity index (χ3v) is 5.13. The lowest BCUT2D eigenvalue weighted by Crippen LogP contribution is -2.10. The summed E-state index contributed by atoms with van der Waals surface area (Å²) in [5, 5.41) is 2.95. The number of nitrogens with zero attached hydrogens (tertiary/aromatic N) is 2. The summed E-state index contributed by atoms with van der Waals surface area (Å²) in [6.45, 7) is 2.01. The van der Waals surface area contributed by atoms with Crippen LogP contribution in [0.25, 0.3) is 0 Å². The fraction of sp³-hybridized carbons (Fsp3) is 0.524. The van der Waals surface area contributed by atoms with E-state index in [-0.39, 0.29) is 5.95 Å². The van der Waals surface area contributed by atoms with E-state index in [1.807, 2.05) is 19.1 Å². The monoisotopic (exact) mass is 377 g/mol. The van der Waals surface area contributed by atoms with E-state index in [1.165, 1.54) is 56.9 Å². The van der Waals surface area contributed by atoms with Crippen LogP contribution in [0.1, 0.15) is 74.1 Å². The molecule has 1 heterocycles. The molecule has 0 amide bonds. The maximum atomic E-state index is 12.9. The zero-order valence-electron chi connectivity index (χ0n) is 15.6. The van der Waals surface area contributed by atoms with Crippen molar-refractivity contribution < 1.29 is 13.2 Å². The van der Waals surface area contributed by atoms with E-state index >= 15 is 0 Å². The SMILES string of the molecule is Cc1cc(Nc2nccc(C(F)(F)F)n2)cc(C2CCCCCCCC2)c1. The highest BCUT2D eigenvalue weighted by Crippen LogP contribution is 2.33. The normalized spacial score (nSPS) is 17.0. The molecule has 1 saturated carbocycles. The Bertz CT molecular complexity index is 749. The van der Waals surface area contributed by atoms with Crippen molar-refractivity contribution in [1.29, 1.82) is 0 Å². The summed E-state index contributed by atoms with van der Waals surface area (Å²) in [6.07, 6.45) is 6.67. The van der Waals surface area contributed by atoms with Crippen molar-refractivity contribution in [3.63, 3.8) is 0 Å². The highest BCUT2D eigenvalue weighted by molar-refractivity contribution is 5.56. The Balaban J connectivity index is 1.80. The zero-order chi connectivity index (χ0) is 19.3. The molecule has 146 valence electrons. The summed E-state index contributed by atoms with van der Waals surface area (Å²) in [5.41, 5.74) is 2.14. The first-order valence-corrected chi connectivity index (χ1v) is 9.71. The third kappa shape index (κ3) is 5.68. The Labute approximate surface area is 158 Å². The zero-order valence-corrected chi connectivity index (χ0v) is 15.6. The fourth-order valence-electron chi connectivity index (χ4n) is 3.79. The largest absolute Gasteiger partial charge is 0.433 e. The highest BCUT2D eigenvalue weighted by atomic mass is 19.4. The molecule has 6 heteroatoms. The molecule has 0 saturated heterocycles. The van der Waals surface area contributed by atoms with E-state index in [0.29, 0.717) is 5.92 Å². The second-order valence-electron chi connectivity index (χ2n) is 7.42. The van der Waals surface area contributed by atoms with Gasteiger partial charge >= 0.3 is 6.18 Å². The number of rotatable bonds is 3. The first kappa shape index (κ1) is 19.6. The Kier molecular flexibility index (Phi) is 6.34. The molecule has 1 fully saturated rings. The lowest BCUT2D eigenvalue weighted by Gasteiger charge is -2.19. The number of halogens is 3. The summed E-state index contributed by atoms with van der Waals surface area (Å²) in [6, 6.07) is 7.03. The number of aromatic nitrogens is 2. The lowest BCUT2D eigenvalue weighted by atomic mass is 9.88. The number of hydrogen-bond acceptors (Lipinski definition) is 3. The predicted octanol–water partition coefficient (Wildman–Crippen LogP) is 6.77. The average molecular weight is 377 g/mol. The molecule has 0 atom stereocenters. The molecule has 0 spiro atoms. The van der Waals surface area contributed by atoms with Crippen molar-refractivity contribution in [1.82, 2.24) is 9.97 Å². The van der Waals surface area contributed by atoms with Crippen LogP contribution in [0.3, 0.4) is 0 Å². The van der Waals surface area contributed by atoms with E-state index in [0.717, 1.165) is 23.5 Å². The van der Waals surface area contributed by atoms with Crippen LogP contribution in [0.15, 0.2) is 30.5 Å². The van der Waals surface area contributed by atoms with Gasteiger partial charge in [-0.25, -0.2) is 9.97 Å². The lowest BCUT2D eigenvalue weighted by molar-refractivity contribution is -0.141. The topological polar surface area (TPSA) is 37.8 Å². The molecule has 3 rings (SSSR count). The van der Waals surface area contributed by atoms with Crippen LogP contribution in [-0.2, 0) is 6.18 Å². The van der Waals surface area contributed by atoms with E-state index in [4.69, 9.17) is 0 Å². The first-order chi connectivity index (χ1) is 12.9. The van der Waals surface area contributed by atoms with Crippen molar-refractivity contribution >= 4 is 11.6 Å². The smallest absolute Gasteiger partial charge is 0.324 e. The molecule has 3 nitrogen and oxygen atoms in total. The van der Waals surface area contributed by atoms with E-state index in [1.54, 1.807) is 0 Å². The van der Waals surface area contributed by atoms with Crippen molar-refractivity contribution in [2.24, 2.45) is 0 Å². The number of alkyl halides is 3. The molecule has 0 aliphatic heterocycles. The van der Waals surface area contributed by atoms with Crippen molar-refractivity contribution in [2.75, 3.05) is 5.32 Å². The minimum absolute atomic E-state index is 0.0316. The Morgan fingerprint density at radius 1 is 0.963 bits per heavy atom. The van der Waals surface area contributed by atoms with Gasteiger partial charge in [0.2, 0.25) is 5.95 Å². The first-order valence-electron chi connectivity index (χ1n) is 9.71. The van der Waals surface area contributed by atoms with Crippen LogP contribution in [0.2, 0.25) is 0 Å². The van der Waals surface area contributed by atoms with Crippen LogP contribution in [0.5, 0.6) is 0 Å². The molecule has 1 aromatic carbocycles. The number of hydrogen-bond donors (Lipinski definition) is 1. The van der Waals surface area contributed by atoms with Gasteiger partial charge in [-0.15, -0.1) is 0 Å². The van der Waals surface area contributed by atoms with Crippen molar-refractivity contribution in [2.45, 2.75) is 70.4 Å². The quantitative estimate of drug-likeness (QED) is 0.642. The summed E-state index contributed by atoms with van der Waals surface area (Å²) in [7, 11) is 0. The summed E-state index contributed by atoms with van der Waals surface area (Å²) < 4.78 is 38.6. The summed E-state index contributed by atoms with van der Waals surface area (Å²) in [5.74, 6) is 0.474. The van der Waals surface area contributed by atoms with Gasteiger partial charge in [0.1, 0.15) is 5.69 Å². The van der Waals surface area contributed by atoms with Crippen molar-refractivity contribution in [3.05, 3.63) is 47.3 Å². The molecule has 1 aliphatic carbocycles. The Morgan fingerprint density at radius 2 is 1.63 bits per heavy atom. The fourth-order valence-corrected chi connectivity index (χ4v) is 3.79. The van der Waals surface area contributed by atoms with Gasteiger partial charge in [0.25, 0.3) is 0 Å². The molecule has 27 heavy (non-hydrogen) atoms. The molecule has 1 aromatic heterocycles. The Hall–Kier alpha value is -2.11. The maximum absolute atomic E-state index is 12.9. The van der Waals surface area contributed by atoms with Crippen LogP contribution in [0.4, 0.5) is 24.8 Å². The van der Waals surface area contributed by atoms with Gasteiger partial charge in [0.15, 0.2) is 0 Å². The van der Waals surface area contributed by atoms with Crippen LogP contribution < -0.4 is 5.32 Å². The van der Waals surface area contributed by atoms with Gasteiger partial charge < -0.3 is 5.32 Å². The predicted molar refractivity (Wildman–Crippen MR) is 101 cm³/mol. The molecule has 0 bridgehead atoms. The second-order valence-corrected chi connectivity index (χ2v) is 7.42. The van der Waals surface area contributed by atoms with E-state index in [9.17, 15) is 13.2 Å². The number of anilines is 2. The standard InChI is InChI=1S/C21H26F3N3/c1-15-12-17(16-8-6-4-2-3-5-7-9-16)14-18(13-15)26-20-25-11-10-19(27-20)21(22,23)24/h10-14,16H,2-9H2,1H3,(H,25,26,27). The molecule has 0 unspecified atom stereocenters. The summed E-state index contributed by atoms with van der Waals surface area (Å²) >= 11 is 0. The third-order valence-electron chi connectivity index (χ3n) is 5.13. The van der Waals surface area contributed by atoms with Crippen LogP contribution in [-0.4, -0.2) is 9.97 Å². The molecular weight excluding hydrogens is 351 g/mol. The number of benzene rings is 1. The van der Waals surface area contributed by atoms with Gasteiger partial charge in [0, 0.05) is 11.9 Å². The van der Waals surface area contributed by atoms with Gasteiger partial charge in [-0.05, 0) is 55.0 Å². The van der Waals surface area contributed by atoms with Crippen molar-refractivity contribution in [3.8, 4) is 0 Å². The van der Waals surface area contributed by atoms with E-state index < -0.39 is 11.9 Å². The molecule has 1 N–H and O–H groups in total. The maximum Gasteiger partial charge on any atom is 0.433 e. The van der Waals surface area contributed by atoms with Crippen LogP contribution >= 0.6 is 0 Å². The molecular formula is C21H26F3N3. The number of aryl methyl sites for hydroxylation is 1. The Morgan fingerprint density at radius 3 is 2.30 bits per heavy atom. The summed E-state index contributed by atoms with van der Waals surface area (Å²) in [4.78, 5) is 7.54. The van der Waals surface area contributed by atoms with Gasteiger partial charge in [-0.1, -0.05) is 44.6 Å². The molecule has 1 aliphatic rings. The minimum atomic E-state index is -4.48. The number of nitrogens with one attached hydrogen (secondary N) is 1. The highest BCUT2D eigenvalue weighted by Gasteiger charge is 2.32. The van der Waals surface area contributed by atoms with Gasteiger partial charge in [-0.3, -0.25) is 0 Å². The van der Waals surface area contributed by atoms with Gasteiger partial charge in [-0.2, -0.15) is 13.2 Å². The minimum Gasteiger partial charge on any atom is -0.324 e. The molecule has 2 aromatic rings. The van der Waals surface area contributed by atoms with Crippen LogP contribution in [0, 0.1) is 6.92 Å². The van der Waals surface area contributed by atoms with E-state index in [2.05, 4.69) is 21.4 Å². The van der Waals surface area contributed by atoms with Gasteiger partial charge in [0.05, 0.1) is 0 Å². The second kappa shape index (κ2) is 8.72. The average Bonchev–Trinajstić information content (AvgIpc) is 2.74. The molecule has 0 radical (unpaired) electrons.